The number of carbonyl (C=O) groups excluding carboxylic acids is 1. The van der Waals surface area contributed by atoms with Crippen LogP contribution in [0.15, 0.2) is 48.6 Å². The number of esters is 1. The van der Waals surface area contributed by atoms with Crippen LogP contribution in [0.2, 0.25) is 0 Å². The first kappa shape index (κ1) is 16.9. The van der Waals surface area contributed by atoms with Gasteiger partial charge in [-0.05, 0) is 18.1 Å². The Bertz CT molecular complexity index is 609. The Hall–Kier alpha value is -1.95. The second-order valence-electron chi connectivity index (χ2n) is 6.25. The molecule has 24 heavy (non-hydrogen) atoms. The predicted molar refractivity (Wildman–Crippen MR) is 89.0 cm³/mol. The molecule has 0 bridgehead atoms. The first-order valence-electron chi connectivity index (χ1n) is 8.24. The molecule has 5 atom stereocenters. The SMILES string of the molecule is O=C1C=C[C@@H](O)[C@@H](C[C@@H]2C[C@H](O)C[C@H](/C=C/c3ccccc3)O2)O1. The van der Waals surface area contributed by atoms with E-state index in [1.165, 1.54) is 12.2 Å². The summed E-state index contributed by atoms with van der Waals surface area (Å²) in [7, 11) is 0. The van der Waals surface area contributed by atoms with Gasteiger partial charge in [-0.15, -0.1) is 0 Å². The molecule has 2 heterocycles. The zero-order chi connectivity index (χ0) is 16.9. The fraction of sp³-hybridized carbons (Fsp3) is 0.421. The normalized spacial score (nSPS) is 33.6. The molecule has 128 valence electrons. The minimum absolute atomic E-state index is 0.203. The molecule has 0 spiro atoms. The Morgan fingerprint density at radius 2 is 1.96 bits per heavy atom. The minimum Gasteiger partial charge on any atom is -0.456 e. The highest BCUT2D eigenvalue weighted by Crippen LogP contribution is 2.26. The monoisotopic (exact) mass is 330 g/mol. The van der Waals surface area contributed by atoms with Gasteiger partial charge in [-0.3, -0.25) is 0 Å². The van der Waals surface area contributed by atoms with Gasteiger partial charge in [0.1, 0.15) is 12.2 Å². The van der Waals surface area contributed by atoms with Crippen LogP contribution in [0.3, 0.4) is 0 Å². The second kappa shape index (κ2) is 7.75. The highest BCUT2D eigenvalue weighted by Gasteiger charge is 2.33. The Morgan fingerprint density at radius 3 is 2.75 bits per heavy atom. The fourth-order valence-electron chi connectivity index (χ4n) is 3.09. The number of benzene rings is 1. The molecule has 0 unspecified atom stereocenters. The third-order valence-corrected chi connectivity index (χ3v) is 4.28. The van der Waals surface area contributed by atoms with Crippen molar-refractivity contribution in [2.24, 2.45) is 0 Å². The number of aliphatic hydroxyl groups is 2. The molecule has 0 aliphatic carbocycles. The first-order valence-corrected chi connectivity index (χ1v) is 8.24. The van der Waals surface area contributed by atoms with E-state index < -0.39 is 24.3 Å². The summed E-state index contributed by atoms with van der Waals surface area (Å²) in [5.41, 5.74) is 1.07. The van der Waals surface area contributed by atoms with Crippen LogP contribution in [-0.2, 0) is 14.3 Å². The number of aliphatic hydroxyl groups excluding tert-OH is 2. The maximum absolute atomic E-state index is 11.3. The summed E-state index contributed by atoms with van der Waals surface area (Å²) in [5.74, 6) is -0.456. The topological polar surface area (TPSA) is 76.0 Å². The van der Waals surface area contributed by atoms with Crippen molar-refractivity contribution in [1.29, 1.82) is 0 Å². The molecular weight excluding hydrogens is 308 g/mol. The number of cyclic esters (lactones) is 1. The quantitative estimate of drug-likeness (QED) is 0.824. The Kier molecular flexibility index (Phi) is 5.45. The fourth-order valence-corrected chi connectivity index (χ4v) is 3.09. The van der Waals surface area contributed by atoms with Gasteiger partial charge in [0.15, 0.2) is 0 Å². The van der Waals surface area contributed by atoms with Crippen LogP contribution < -0.4 is 0 Å². The number of hydrogen-bond acceptors (Lipinski definition) is 5. The number of rotatable bonds is 4. The predicted octanol–water partition coefficient (Wildman–Crippen LogP) is 1.84. The van der Waals surface area contributed by atoms with Crippen LogP contribution in [-0.4, -0.2) is 46.7 Å². The lowest BCUT2D eigenvalue weighted by molar-refractivity contribution is -0.155. The van der Waals surface area contributed by atoms with Crippen LogP contribution in [0.1, 0.15) is 24.8 Å². The van der Waals surface area contributed by atoms with Gasteiger partial charge in [-0.2, -0.15) is 0 Å². The molecule has 3 rings (SSSR count). The number of carbonyl (C=O) groups is 1. The molecule has 0 saturated carbocycles. The zero-order valence-electron chi connectivity index (χ0n) is 13.3. The van der Waals surface area contributed by atoms with Crippen molar-refractivity contribution in [3.05, 3.63) is 54.1 Å². The number of hydrogen-bond donors (Lipinski definition) is 2. The smallest absolute Gasteiger partial charge is 0.330 e. The van der Waals surface area contributed by atoms with Gasteiger partial charge < -0.3 is 19.7 Å². The molecule has 0 aromatic heterocycles. The van der Waals surface area contributed by atoms with Gasteiger partial charge in [-0.1, -0.05) is 42.5 Å². The van der Waals surface area contributed by atoms with E-state index in [9.17, 15) is 15.0 Å². The molecule has 1 aromatic rings. The maximum atomic E-state index is 11.3. The van der Waals surface area contributed by atoms with Crippen molar-refractivity contribution in [2.45, 2.75) is 49.8 Å². The number of ether oxygens (including phenoxy) is 2. The van der Waals surface area contributed by atoms with Gasteiger partial charge in [-0.25, -0.2) is 4.79 Å². The molecule has 1 fully saturated rings. The van der Waals surface area contributed by atoms with Gasteiger partial charge in [0.05, 0.1) is 18.3 Å². The zero-order valence-corrected chi connectivity index (χ0v) is 13.3. The Morgan fingerprint density at radius 1 is 1.17 bits per heavy atom. The lowest BCUT2D eigenvalue weighted by Gasteiger charge is -2.34. The summed E-state index contributed by atoms with van der Waals surface area (Å²) in [6.07, 6.45) is 5.54. The molecule has 1 saturated heterocycles. The average molecular weight is 330 g/mol. The third kappa shape index (κ3) is 4.54. The summed E-state index contributed by atoms with van der Waals surface area (Å²) >= 11 is 0. The highest BCUT2D eigenvalue weighted by atomic mass is 16.6. The average Bonchev–Trinajstić information content (AvgIpc) is 2.57. The van der Waals surface area contributed by atoms with Crippen molar-refractivity contribution >= 4 is 12.0 Å². The largest absolute Gasteiger partial charge is 0.456 e. The van der Waals surface area contributed by atoms with E-state index in [2.05, 4.69) is 0 Å². The lowest BCUT2D eigenvalue weighted by atomic mass is 9.94. The summed E-state index contributed by atoms with van der Waals surface area (Å²) in [6, 6.07) is 9.88. The standard InChI is InChI=1S/C19H22O5/c20-14-10-15(7-6-13-4-2-1-3-5-13)23-16(11-14)12-18-17(21)8-9-19(22)24-18/h1-9,14-18,20-21H,10-12H2/b7-6+/t14-,15+,16+,17-,18-/m1/s1. The molecule has 0 amide bonds. The molecule has 2 N–H and O–H groups in total. The highest BCUT2D eigenvalue weighted by molar-refractivity contribution is 5.83. The van der Waals surface area contributed by atoms with Crippen molar-refractivity contribution in [2.75, 3.05) is 0 Å². The summed E-state index contributed by atoms with van der Waals surface area (Å²) in [4.78, 5) is 11.3. The lowest BCUT2D eigenvalue weighted by Crippen LogP contribution is -2.41. The van der Waals surface area contributed by atoms with Crippen LogP contribution in [0.25, 0.3) is 6.08 Å². The summed E-state index contributed by atoms with van der Waals surface area (Å²) in [5, 5.41) is 20.0. The van der Waals surface area contributed by atoms with Crippen molar-refractivity contribution in [1.82, 2.24) is 0 Å². The minimum atomic E-state index is -0.830. The van der Waals surface area contributed by atoms with E-state index in [-0.39, 0.29) is 12.2 Å². The van der Waals surface area contributed by atoms with Crippen LogP contribution in [0.5, 0.6) is 0 Å². The van der Waals surface area contributed by atoms with Crippen molar-refractivity contribution < 1.29 is 24.5 Å². The van der Waals surface area contributed by atoms with E-state index in [0.29, 0.717) is 19.3 Å². The van der Waals surface area contributed by atoms with Gasteiger partial charge in [0.2, 0.25) is 0 Å². The van der Waals surface area contributed by atoms with E-state index in [0.717, 1.165) is 5.56 Å². The van der Waals surface area contributed by atoms with Crippen LogP contribution in [0.4, 0.5) is 0 Å². The van der Waals surface area contributed by atoms with Crippen molar-refractivity contribution in [3.63, 3.8) is 0 Å². The van der Waals surface area contributed by atoms with Crippen molar-refractivity contribution in [3.8, 4) is 0 Å². The Labute approximate surface area is 141 Å². The molecule has 5 heteroatoms. The van der Waals surface area contributed by atoms with Gasteiger partial charge in [0.25, 0.3) is 0 Å². The molecule has 5 nitrogen and oxygen atoms in total. The van der Waals surface area contributed by atoms with Crippen LogP contribution >= 0.6 is 0 Å². The molecule has 2 aliphatic heterocycles. The van der Waals surface area contributed by atoms with Crippen LogP contribution in [0, 0.1) is 0 Å². The summed E-state index contributed by atoms with van der Waals surface area (Å²) in [6.45, 7) is 0. The van der Waals surface area contributed by atoms with E-state index in [1.54, 1.807) is 0 Å². The van der Waals surface area contributed by atoms with E-state index in [1.807, 2.05) is 42.5 Å². The maximum Gasteiger partial charge on any atom is 0.330 e. The van der Waals surface area contributed by atoms with E-state index >= 15 is 0 Å². The molecule has 0 radical (unpaired) electrons. The van der Waals surface area contributed by atoms with Gasteiger partial charge in [0, 0.05) is 18.9 Å². The molecule has 1 aromatic carbocycles. The van der Waals surface area contributed by atoms with Gasteiger partial charge >= 0.3 is 5.97 Å². The van der Waals surface area contributed by atoms with E-state index in [4.69, 9.17) is 9.47 Å². The second-order valence-corrected chi connectivity index (χ2v) is 6.25. The third-order valence-electron chi connectivity index (χ3n) is 4.28. The molecular formula is C19H22O5. The summed E-state index contributed by atoms with van der Waals surface area (Å²) < 4.78 is 11.1. The first-order chi connectivity index (χ1) is 11.6. The Balaban J connectivity index is 1.60. The molecule has 2 aliphatic rings.